The standard InChI is InChI=1S/C7H6BrNO2/c8-5-6-3-1-2-4-7(6)11-9-10/h1-4H,5H2. The van der Waals surface area contributed by atoms with Crippen molar-refractivity contribution >= 4 is 15.9 Å². The Morgan fingerprint density at radius 2 is 2.18 bits per heavy atom. The summed E-state index contributed by atoms with van der Waals surface area (Å²) in [6, 6.07) is 7.20. The summed E-state index contributed by atoms with van der Waals surface area (Å²) in [6.07, 6.45) is 0. The van der Waals surface area contributed by atoms with Crippen LogP contribution in [-0.2, 0) is 5.33 Å². The topological polar surface area (TPSA) is 38.7 Å². The average molecular weight is 216 g/mol. The van der Waals surface area contributed by atoms with Gasteiger partial charge in [-0.25, -0.2) is 0 Å². The highest BCUT2D eigenvalue weighted by molar-refractivity contribution is 9.08. The average Bonchev–Trinajstić information content (AvgIpc) is 2.06. The van der Waals surface area contributed by atoms with Gasteiger partial charge in [-0.2, -0.15) is 0 Å². The SMILES string of the molecule is O=NOc1ccccc1CBr. The molecule has 0 saturated heterocycles. The highest BCUT2D eigenvalue weighted by Crippen LogP contribution is 2.20. The summed E-state index contributed by atoms with van der Waals surface area (Å²) in [7, 11) is 0. The first-order chi connectivity index (χ1) is 5.38. The Kier molecular flexibility index (Phi) is 3.04. The third-order valence-electron chi connectivity index (χ3n) is 1.25. The molecule has 0 aromatic heterocycles. The van der Waals surface area contributed by atoms with Gasteiger partial charge in [0.05, 0.1) is 0 Å². The number of hydrogen-bond donors (Lipinski definition) is 0. The van der Waals surface area contributed by atoms with Crippen LogP contribution < -0.4 is 4.84 Å². The van der Waals surface area contributed by atoms with Gasteiger partial charge in [0, 0.05) is 10.9 Å². The molecule has 1 aromatic carbocycles. The summed E-state index contributed by atoms with van der Waals surface area (Å²) >= 11 is 3.25. The molecule has 0 spiro atoms. The number of benzene rings is 1. The molecule has 0 radical (unpaired) electrons. The number of hydrogen-bond acceptors (Lipinski definition) is 3. The van der Waals surface area contributed by atoms with E-state index in [0.717, 1.165) is 5.56 Å². The zero-order valence-electron chi connectivity index (χ0n) is 5.66. The van der Waals surface area contributed by atoms with E-state index >= 15 is 0 Å². The summed E-state index contributed by atoms with van der Waals surface area (Å²) in [5.41, 5.74) is 0.909. The fourth-order valence-electron chi connectivity index (χ4n) is 0.743. The third kappa shape index (κ3) is 2.01. The lowest BCUT2D eigenvalue weighted by Gasteiger charge is -1.99. The van der Waals surface area contributed by atoms with Crippen molar-refractivity contribution in [2.45, 2.75) is 5.33 Å². The second kappa shape index (κ2) is 4.08. The molecule has 0 unspecified atom stereocenters. The molecule has 58 valence electrons. The molecule has 3 nitrogen and oxygen atoms in total. The minimum atomic E-state index is 0.499. The molecule has 0 heterocycles. The van der Waals surface area contributed by atoms with E-state index in [9.17, 15) is 4.91 Å². The van der Waals surface area contributed by atoms with Crippen LogP contribution in [0.5, 0.6) is 5.75 Å². The Morgan fingerprint density at radius 3 is 2.82 bits per heavy atom. The van der Waals surface area contributed by atoms with E-state index in [2.05, 4.69) is 26.1 Å². The van der Waals surface area contributed by atoms with Gasteiger partial charge in [-0.15, -0.1) is 4.91 Å². The summed E-state index contributed by atoms with van der Waals surface area (Å²) in [5.74, 6) is 0.499. The predicted molar refractivity (Wildman–Crippen MR) is 45.5 cm³/mol. The Balaban J connectivity index is 2.92. The molecule has 1 aromatic rings. The maximum absolute atomic E-state index is 9.75. The van der Waals surface area contributed by atoms with E-state index < -0.39 is 0 Å². The molecule has 0 aliphatic rings. The van der Waals surface area contributed by atoms with E-state index in [1.165, 1.54) is 0 Å². The van der Waals surface area contributed by atoms with E-state index in [0.29, 0.717) is 11.1 Å². The number of halogens is 1. The second-order valence-corrected chi connectivity index (χ2v) is 2.47. The van der Waals surface area contributed by atoms with Gasteiger partial charge in [0.25, 0.3) is 0 Å². The molecule has 1 rings (SSSR count). The van der Waals surface area contributed by atoms with Crippen LogP contribution in [0.4, 0.5) is 0 Å². The predicted octanol–water partition coefficient (Wildman–Crippen LogP) is 2.64. The summed E-state index contributed by atoms with van der Waals surface area (Å²) < 4.78 is 0. The van der Waals surface area contributed by atoms with Crippen LogP contribution in [-0.4, -0.2) is 0 Å². The van der Waals surface area contributed by atoms with E-state index in [1.54, 1.807) is 12.1 Å². The van der Waals surface area contributed by atoms with Crippen molar-refractivity contribution in [3.8, 4) is 5.75 Å². The lowest BCUT2D eigenvalue weighted by Crippen LogP contribution is -1.85. The molecule has 0 N–H and O–H groups in total. The Labute approximate surface area is 72.4 Å². The van der Waals surface area contributed by atoms with Crippen molar-refractivity contribution in [2.75, 3.05) is 0 Å². The van der Waals surface area contributed by atoms with Crippen LogP contribution >= 0.6 is 15.9 Å². The summed E-state index contributed by atoms with van der Waals surface area (Å²) in [4.78, 5) is 14.2. The fourth-order valence-corrected chi connectivity index (χ4v) is 1.21. The first-order valence-corrected chi connectivity index (χ1v) is 4.14. The maximum atomic E-state index is 9.75. The zero-order valence-corrected chi connectivity index (χ0v) is 7.24. The smallest absolute Gasteiger partial charge is 0.165 e. The van der Waals surface area contributed by atoms with Crippen LogP contribution in [0.1, 0.15) is 5.56 Å². The zero-order chi connectivity index (χ0) is 8.10. The molecule has 4 heteroatoms. The molecule has 0 fully saturated rings. The molecule has 0 atom stereocenters. The normalized spacial score (nSPS) is 9.18. The first-order valence-electron chi connectivity index (χ1n) is 3.02. The van der Waals surface area contributed by atoms with Gasteiger partial charge >= 0.3 is 0 Å². The molecule has 11 heavy (non-hydrogen) atoms. The van der Waals surface area contributed by atoms with Gasteiger partial charge in [-0.3, -0.25) is 0 Å². The first kappa shape index (κ1) is 8.20. The highest BCUT2D eigenvalue weighted by atomic mass is 79.9. The Bertz CT molecular complexity index is 252. The highest BCUT2D eigenvalue weighted by Gasteiger charge is 1.99. The van der Waals surface area contributed by atoms with Crippen molar-refractivity contribution in [2.24, 2.45) is 5.34 Å². The van der Waals surface area contributed by atoms with Crippen LogP contribution in [0.15, 0.2) is 29.6 Å². The van der Waals surface area contributed by atoms with Crippen LogP contribution in [0.25, 0.3) is 0 Å². The van der Waals surface area contributed by atoms with Crippen molar-refractivity contribution < 1.29 is 4.84 Å². The van der Waals surface area contributed by atoms with Gasteiger partial charge in [-0.05, 0) is 6.07 Å². The number of rotatable bonds is 3. The molecular formula is C7H6BrNO2. The largest absolute Gasteiger partial charge is 0.324 e. The minimum Gasteiger partial charge on any atom is -0.324 e. The van der Waals surface area contributed by atoms with E-state index in [-0.39, 0.29) is 0 Å². The Hall–Kier alpha value is -0.900. The van der Waals surface area contributed by atoms with Crippen molar-refractivity contribution in [1.29, 1.82) is 0 Å². The Morgan fingerprint density at radius 1 is 1.45 bits per heavy atom. The van der Waals surface area contributed by atoms with Gasteiger partial charge < -0.3 is 4.84 Å². The molecule has 0 bridgehead atoms. The maximum Gasteiger partial charge on any atom is 0.165 e. The summed E-state index contributed by atoms with van der Waals surface area (Å²) in [6.45, 7) is 0. The van der Waals surface area contributed by atoms with Crippen molar-refractivity contribution in [3.05, 3.63) is 34.7 Å². The fraction of sp³-hybridized carbons (Fsp3) is 0.143. The lowest BCUT2D eigenvalue weighted by molar-refractivity contribution is 0.332. The van der Waals surface area contributed by atoms with Crippen LogP contribution in [0.3, 0.4) is 0 Å². The van der Waals surface area contributed by atoms with Gasteiger partial charge in [-0.1, -0.05) is 34.1 Å². The molecule has 0 amide bonds. The van der Waals surface area contributed by atoms with Gasteiger partial charge in [0.15, 0.2) is 11.1 Å². The molecule has 0 saturated carbocycles. The van der Waals surface area contributed by atoms with Crippen LogP contribution in [0, 0.1) is 4.91 Å². The van der Waals surface area contributed by atoms with Gasteiger partial charge in [0.2, 0.25) is 0 Å². The van der Waals surface area contributed by atoms with Crippen LogP contribution in [0.2, 0.25) is 0 Å². The number of nitrogens with zero attached hydrogens (tertiary/aromatic N) is 1. The summed E-state index contributed by atoms with van der Waals surface area (Å²) in [5, 5.41) is 3.00. The number of para-hydroxylation sites is 1. The monoisotopic (exact) mass is 215 g/mol. The number of alkyl halides is 1. The van der Waals surface area contributed by atoms with E-state index in [1.807, 2.05) is 12.1 Å². The van der Waals surface area contributed by atoms with Crippen molar-refractivity contribution in [3.63, 3.8) is 0 Å². The minimum absolute atomic E-state index is 0.499. The lowest BCUT2D eigenvalue weighted by atomic mass is 10.2. The molecular weight excluding hydrogens is 210 g/mol. The van der Waals surface area contributed by atoms with E-state index in [4.69, 9.17) is 0 Å². The third-order valence-corrected chi connectivity index (χ3v) is 1.86. The molecule has 0 aliphatic carbocycles. The molecule has 0 aliphatic heterocycles. The quantitative estimate of drug-likeness (QED) is 0.442. The second-order valence-electron chi connectivity index (χ2n) is 1.91. The van der Waals surface area contributed by atoms with Crippen molar-refractivity contribution in [1.82, 2.24) is 0 Å². The van der Waals surface area contributed by atoms with Gasteiger partial charge in [0.1, 0.15) is 0 Å².